The monoisotopic (exact) mass is 482 g/mol. The summed E-state index contributed by atoms with van der Waals surface area (Å²) in [6.45, 7) is 13.5. The molecule has 0 bridgehead atoms. The average molecular weight is 483 g/mol. The minimum atomic E-state index is -0.242. The molecule has 3 heteroatoms. The third-order valence-electron chi connectivity index (χ3n) is 8.44. The third-order valence-corrected chi connectivity index (χ3v) is 8.44. The molecule has 0 spiro atoms. The Balaban J connectivity index is 1.95. The van der Waals surface area contributed by atoms with Crippen LogP contribution in [-0.2, 0) is 12.8 Å². The molecule has 4 aromatic rings. The summed E-state index contributed by atoms with van der Waals surface area (Å²) in [6.07, 6.45) is 7.90. The zero-order valence-corrected chi connectivity index (χ0v) is 22.9. The lowest BCUT2D eigenvalue weighted by atomic mass is 9.66. The number of fused-ring (bicyclic) bond motifs is 1. The number of nitrogens with zero attached hydrogens (tertiary/aromatic N) is 1. The molecule has 36 heavy (non-hydrogen) atoms. The van der Waals surface area contributed by atoms with E-state index in [1.165, 1.54) is 38.8 Å². The van der Waals surface area contributed by atoms with E-state index in [9.17, 15) is 5.11 Å². The number of hydrogen-bond acceptors (Lipinski definition) is 2. The Bertz CT molecular complexity index is 1260. The lowest BCUT2D eigenvalue weighted by Crippen LogP contribution is -2.32. The van der Waals surface area contributed by atoms with E-state index in [-0.39, 0.29) is 17.9 Å². The molecule has 1 unspecified atom stereocenters. The van der Waals surface area contributed by atoms with Gasteiger partial charge in [-0.2, -0.15) is 0 Å². The Kier molecular flexibility index (Phi) is 8.00. The number of aromatic amines is 1. The van der Waals surface area contributed by atoms with Gasteiger partial charge in [-0.1, -0.05) is 84.0 Å². The highest BCUT2D eigenvalue weighted by atomic mass is 16.3. The lowest BCUT2D eigenvalue weighted by molar-refractivity contribution is 0.0979. The van der Waals surface area contributed by atoms with Crippen LogP contribution in [0.4, 0.5) is 0 Å². The quantitative estimate of drug-likeness (QED) is 0.238. The van der Waals surface area contributed by atoms with Crippen LogP contribution in [0.5, 0.6) is 0 Å². The lowest BCUT2D eigenvalue weighted by Gasteiger charge is -2.39. The predicted octanol–water partition coefficient (Wildman–Crippen LogP) is 8.41. The topological polar surface area (TPSA) is 48.9 Å². The molecular formula is C33H42N2O. The second-order valence-corrected chi connectivity index (χ2v) is 10.5. The Morgan fingerprint density at radius 1 is 0.889 bits per heavy atom. The van der Waals surface area contributed by atoms with Crippen LogP contribution < -0.4 is 0 Å². The first kappa shape index (κ1) is 26.2. The zero-order chi connectivity index (χ0) is 25.9. The Morgan fingerprint density at radius 2 is 1.50 bits per heavy atom. The molecule has 0 amide bonds. The van der Waals surface area contributed by atoms with Gasteiger partial charge in [0.05, 0.1) is 17.4 Å². The Morgan fingerprint density at radius 3 is 2.03 bits per heavy atom. The first-order valence-corrected chi connectivity index (χ1v) is 13.7. The minimum Gasteiger partial charge on any atom is -0.396 e. The molecule has 0 saturated carbocycles. The van der Waals surface area contributed by atoms with E-state index in [0.29, 0.717) is 5.92 Å². The molecule has 0 fully saturated rings. The maximum atomic E-state index is 10.8. The van der Waals surface area contributed by atoms with Crippen LogP contribution in [0.25, 0.3) is 22.2 Å². The number of H-pyrrole nitrogens is 1. The molecule has 2 N–H and O–H groups in total. The summed E-state index contributed by atoms with van der Waals surface area (Å²) >= 11 is 0. The number of aliphatic hydroxyl groups excluding tert-OH is 1. The normalized spacial score (nSPS) is 13.0. The van der Waals surface area contributed by atoms with Crippen LogP contribution >= 0.6 is 0 Å². The van der Waals surface area contributed by atoms with Crippen molar-refractivity contribution in [2.45, 2.75) is 79.1 Å². The van der Waals surface area contributed by atoms with E-state index >= 15 is 0 Å². The van der Waals surface area contributed by atoms with Crippen molar-refractivity contribution < 1.29 is 5.11 Å². The Hall–Kier alpha value is -2.91. The summed E-state index contributed by atoms with van der Waals surface area (Å²) in [5, 5.41) is 12.0. The first-order valence-electron chi connectivity index (χ1n) is 13.7. The summed E-state index contributed by atoms with van der Waals surface area (Å²) < 4.78 is 0. The SMILES string of the molecule is CCc1cccc(CC)c1-c1cc2c(C(c3ccc(C(C)C)cc3)C(CC)(CC)CO)c[nH]c2cn1. The van der Waals surface area contributed by atoms with Gasteiger partial charge in [0.15, 0.2) is 0 Å². The van der Waals surface area contributed by atoms with E-state index in [1.807, 2.05) is 6.20 Å². The maximum Gasteiger partial charge on any atom is 0.0715 e. The molecule has 0 aliphatic carbocycles. The fourth-order valence-corrected chi connectivity index (χ4v) is 5.90. The molecule has 190 valence electrons. The third kappa shape index (κ3) is 4.62. The number of aromatic nitrogens is 2. The predicted molar refractivity (Wildman–Crippen MR) is 153 cm³/mol. The summed E-state index contributed by atoms with van der Waals surface area (Å²) in [6, 6.07) is 18.0. The summed E-state index contributed by atoms with van der Waals surface area (Å²) in [5.74, 6) is 0.570. The molecular weight excluding hydrogens is 440 g/mol. The molecule has 2 heterocycles. The van der Waals surface area contributed by atoms with Gasteiger partial charge >= 0.3 is 0 Å². The van der Waals surface area contributed by atoms with Crippen molar-refractivity contribution in [1.29, 1.82) is 0 Å². The van der Waals surface area contributed by atoms with Crippen molar-refractivity contribution in [3.05, 3.63) is 88.7 Å². The summed E-state index contributed by atoms with van der Waals surface area (Å²) in [7, 11) is 0. The van der Waals surface area contributed by atoms with Gasteiger partial charge < -0.3 is 10.1 Å². The molecule has 2 aromatic carbocycles. The smallest absolute Gasteiger partial charge is 0.0715 e. The van der Waals surface area contributed by atoms with E-state index in [1.54, 1.807) is 0 Å². The number of rotatable bonds is 10. The van der Waals surface area contributed by atoms with Crippen molar-refractivity contribution in [1.82, 2.24) is 9.97 Å². The molecule has 2 aromatic heterocycles. The van der Waals surface area contributed by atoms with E-state index in [2.05, 4.69) is 101 Å². The fourth-order valence-electron chi connectivity index (χ4n) is 5.90. The zero-order valence-electron chi connectivity index (χ0n) is 22.9. The van der Waals surface area contributed by atoms with Crippen LogP contribution in [-0.4, -0.2) is 21.7 Å². The van der Waals surface area contributed by atoms with Gasteiger partial charge in [0.25, 0.3) is 0 Å². The maximum absolute atomic E-state index is 10.8. The van der Waals surface area contributed by atoms with Gasteiger partial charge in [-0.3, -0.25) is 4.98 Å². The number of aliphatic hydroxyl groups is 1. The van der Waals surface area contributed by atoms with Crippen molar-refractivity contribution in [2.24, 2.45) is 5.41 Å². The van der Waals surface area contributed by atoms with Gasteiger partial charge in [0.1, 0.15) is 0 Å². The van der Waals surface area contributed by atoms with Crippen LogP contribution in [0.15, 0.2) is 60.9 Å². The fraction of sp³-hybridized carbons (Fsp3) is 0.424. The highest BCUT2D eigenvalue weighted by molar-refractivity contribution is 5.88. The van der Waals surface area contributed by atoms with Gasteiger partial charge in [-0.15, -0.1) is 0 Å². The second-order valence-electron chi connectivity index (χ2n) is 10.5. The summed E-state index contributed by atoms with van der Waals surface area (Å²) in [4.78, 5) is 8.42. The summed E-state index contributed by atoms with van der Waals surface area (Å²) in [5.41, 5.74) is 9.64. The van der Waals surface area contributed by atoms with Gasteiger partial charge in [0, 0.05) is 35.1 Å². The highest BCUT2D eigenvalue weighted by Crippen LogP contribution is 2.48. The van der Waals surface area contributed by atoms with Gasteiger partial charge in [-0.25, -0.2) is 0 Å². The molecule has 0 saturated heterocycles. The van der Waals surface area contributed by atoms with E-state index in [0.717, 1.165) is 36.9 Å². The van der Waals surface area contributed by atoms with Crippen molar-refractivity contribution in [3.63, 3.8) is 0 Å². The molecule has 3 nitrogen and oxygen atoms in total. The van der Waals surface area contributed by atoms with Crippen molar-refractivity contribution in [3.8, 4) is 11.3 Å². The number of nitrogens with one attached hydrogen (secondary N) is 1. The number of pyridine rings is 1. The molecule has 0 aliphatic rings. The van der Waals surface area contributed by atoms with Crippen LogP contribution in [0.2, 0.25) is 0 Å². The van der Waals surface area contributed by atoms with E-state index in [4.69, 9.17) is 4.98 Å². The molecule has 1 atom stereocenters. The molecule has 4 rings (SSSR count). The number of benzene rings is 2. The van der Waals surface area contributed by atoms with Gasteiger partial charge in [-0.05, 0) is 65.5 Å². The standard InChI is InChI=1S/C33H42N2O/c1-7-23-12-11-13-24(8-2)31(23)29-18-27-28(19-34-30(27)20-35-29)32(33(9-3,10-4)21-36)26-16-14-25(15-17-26)22(5)6/h11-20,22,32,34,36H,7-10,21H2,1-6H3. The minimum absolute atomic E-state index is 0.0785. The number of aryl methyl sites for hydroxylation is 2. The van der Waals surface area contributed by atoms with Gasteiger partial charge in [0.2, 0.25) is 0 Å². The first-order chi connectivity index (χ1) is 17.4. The van der Waals surface area contributed by atoms with Crippen LogP contribution in [0.1, 0.15) is 94.0 Å². The average Bonchev–Trinajstić information content (AvgIpc) is 3.33. The largest absolute Gasteiger partial charge is 0.396 e. The molecule has 0 aliphatic heterocycles. The number of hydrogen-bond donors (Lipinski definition) is 2. The van der Waals surface area contributed by atoms with Crippen molar-refractivity contribution in [2.75, 3.05) is 6.61 Å². The van der Waals surface area contributed by atoms with E-state index < -0.39 is 0 Å². The molecule has 0 radical (unpaired) electrons. The van der Waals surface area contributed by atoms with Crippen LogP contribution in [0, 0.1) is 5.41 Å². The second kappa shape index (κ2) is 11.0. The Labute approximate surface area is 217 Å². The van der Waals surface area contributed by atoms with Crippen molar-refractivity contribution >= 4 is 10.9 Å². The highest BCUT2D eigenvalue weighted by Gasteiger charge is 2.38. The van der Waals surface area contributed by atoms with Crippen LogP contribution in [0.3, 0.4) is 0 Å².